The number of nitro groups is 1. The molecule has 0 saturated carbocycles. The normalized spacial score (nSPS) is 12.8. The van der Waals surface area contributed by atoms with E-state index in [2.05, 4.69) is 4.98 Å². The number of nitrogens with two attached hydrogens (primary N) is 1. The quantitative estimate of drug-likeness (QED) is 0.499. The maximum Gasteiger partial charge on any atom is 0.342 e. The van der Waals surface area contributed by atoms with Gasteiger partial charge in [0.25, 0.3) is 0 Å². The van der Waals surface area contributed by atoms with Gasteiger partial charge < -0.3 is 21.0 Å². The van der Waals surface area contributed by atoms with Crippen molar-refractivity contribution in [2.75, 3.05) is 6.54 Å². The Hall–Kier alpha value is -1.47. The molecule has 0 aliphatic rings. The Labute approximate surface area is 80.3 Å². The molecule has 0 saturated heterocycles. The molecule has 1 heterocycles. The molecule has 78 valence electrons. The molecule has 0 aliphatic carbocycles. The minimum atomic E-state index is -0.790. The van der Waals surface area contributed by atoms with Gasteiger partial charge in [0.05, 0.1) is 0 Å². The van der Waals surface area contributed by atoms with Crippen LogP contribution >= 0.6 is 0 Å². The average Bonchev–Trinajstić information content (AvgIpc) is 2.48. The predicted octanol–water partition coefficient (Wildman–Crippen LogP) is -0.581. The van der Waals surface area contributed by atoms with Gasteiger partial charge in [0.15, 0.2) is 5.82 Å². The minimum absolute atomic E-state index is 0.0643. The highest BCUT2D eigenvalue weighted by molar-refractivity contribution is 5.18. The number of hydrogen-bond donors (Lipinski definition) is 2. The van der Waals surface area contributed by atoms with Crippen molar-refractivity contribution in [3.05, 3.63) is 22.1 Å². The highest BCUT2D eigenvalue weighted by Gasteiger charge is 2.19. The first kappa shape index (κ1) is 10.6. The van der Waals surface area contributed by atoms with E-state index in [-0.39, 0.29) is 18.9 Å². The zero-order chi connectivity index (χ0) is 10.7. The minimum Gasteiger partial charge on any atom is -0.388 e. The van der Waals surface area contributed by atoms with E-state index in [1.807, 2.05) is 0 Å². The lowest BCUT2D eigenvalue weighted by molar-refractivity contribution is -0.392. The van der Waals surface area contributed by atoms with E-state index in [0.29, 0.717) is 5.82 Å². The second-order valence-electron chi connectivity index (χ2n) is 2.92. The van der Waals surface area contributed by atoms with Crippen molar-refractivity contribution in [1.82, 2.24) is 9.55 Å². The van der Waals surface area contributed by atoms with Crippen LogP contribution in [0.15, 0.2) is 6.20 Å². The number of nitrogens with zero attached hydrogens (tertiary/aromatic N) is 3. The van der Waals surface area contributed by atoms with Crippen LogP contribution < -0.4 is 5.73 Å². The topological polar surface area (TPSA) is 107 Å². The third-order valence-corrected chi connectivity index (χ3v) is 1.89. The lowest BCUT2D eigenvalue weighted by Crippen LogP contribution is -2.26. The summed E-state index contributed by atoms with van der Waals surface area (Å²) in [5, 5.41) is 19.8. The molecule has 0 aliphatic heterocycles. The maximum absolute atomic E-state index is 10.5. The molecule has 0 fully saturated rings. The molecule has 0 spiro atoms. The average molecular weight is 200 g/mol. The van der Waals surface area contributed by atoms with Crippen LogP contribution in [0.3, 0.4) is 0 Å². The van der Waals surface area contributed by atoms with Crippen LogP contribution in [0.5, 0.6) is 0 Å². The van der Waals surface area contributed by atoms with Gasteiger partial charge >= 0.3 is 5.82 Å². The second kappa shape index (κ2) is 4.16. The molecule has 14 heavy (non-hydrogen) atoms. The van der Waals surface area contributed by atoms with E-state index in [1.54, 1.807) is 6.92 Å². The van der Waals surface area contributed by atoms with Crippen LogP contribution in [0.2, 0.25) is 0 Å². The Bertz CT molecular complexity index is 336. The SMILES string of the molecule is Cc1ncc([N+](=O)[O-])n1CC(O)CN. The van der Waals surface area contributed by atoms with E-state index in [9.17, 15) is 15.2 Å². The summed E-state index contributed by atoms with van der Waals surface area (Å²) in [6.45, 7) is 1.80. The molecule has 0 radical (unpaired) electrons. The lowest BCUT2D eigenvalue weighted by atomic mass is 10.3. The Morgan fingerprint density at radius 2 is 2.50 bits per heavy atom. The smallest absolute Gasteiger partial charge is 0.342 e. The van der Waals surface area contributed by atoms with Crippen molar-refractivity contribution in [2.45, 2.75) is 19.6 Å². The van der Waals surface area contributed by atoms with Gasteiger partial charge in [-0.25, -0.2) is 9.55 Å². The first-order chi connectivity index (χ1) is 6.56. The van der Waals surface area contributed by atoms with Gasteiger partial charge in [-0.2, -0.15) is 0 Å². The summed E-state index contributed by atoms with van der Waals surface area (Å²) in [6, 6.07) is 0. The van der Waals surface area contributed by atoms with Gasteiger partial charge in [-0.1, -0.05) is 0 Å². The number of aliphatic hydroxyl groups is 1. The Morgan fingerprint density at radius 1 is 1.86 bits per heavy atom. The zero-order valence-electron chi connectivity index (χ0n) is 7.75. The summed E-state index contributed by atoms with van der Waals surface area (Å²) in [5.74, 6) is 0.360. The number of hydrogen-bond acceptors (Lipinski definition) is 5. The van der Waals surface area contributed by atoms with E-state index in [0.717, 1.165) is 0 Å². The van der Waals surface area contributed by atoms with Crippen LogP contribution in [-0.2, 0) is 6.54 Å². The van der Waals surface area contributed by atoms with Crippen LogP contribution in [0.4, 0.5) is 5.82 Å². The summed E-state index contributed by atoms with van der Waals surface area (Å²) < 4.78 is 1.33. The van der Waals surface area contributed by atoms with Gasteiger partial charge in [0.1, 0.15) is 18.8 Å². The fourth-order valence-corrected chi connectivity index (χ4v) is 1.11. The third kappa shape index (κ3) is 2.06. The van der Waals surface area contributed by atoms with Gasteiger partial charge in [-0.3, -0.25) is 0 Å². The second-order valence-corrected chi connectivity index (χ2v) is 2.92. The molecule has 3 N–H and O–H groups in total. The molecule has 7 nitrogen and oxygen atoms in total. The van der Waals surface area contributed by atoms with Crippen molar-refractivity contribution in [3.8, 4) is 0 Å². The van der Waals surface area contributed by atoms with Gasteiger partial charge in [0, 0.05) is 13.5 Å². The molecule has 1 aromatic rings. The highest BCUT2D eigenvalue weighted by atomic mass is 16.6. The third-order valence-electron chi connectivity index (χ3n) is 1.89. The van der Waals surface area contributed by atoms with Crippen molar-refractivity contribution in [3.63, 3.8) is 0 Å². The van der Waals surface area contributed by atoms with Crippen molar-refractivity contribution < 1.29 is 10.0 Å². The molecule has 0 amide bonds. The van der Waals surface area contributed by atoms with Crippen LogP contribution in [0.25, 0.3) is 0 Å². The Balaban J connectivity index is 2.93. The molecule has 0 bridgehead atoms. The van der Waals surface area contributed by atoms with E-state index in [1.165, 1.54) is 10.8 Å². The van der Waals surface area contributed by atoms with Crippen LogP contribution in [0.1, 0.15) is 5.82 Å². The highest BCUT2D eigenvalue weighted by Crippen LogP contribution is 2.13. The molecule has 1 rings (SSSR count). The van der Waals surface area contributed by atoms with Crippen LogP contribution in [-0.4, -0.2) is 32.2 Å². The monoisotopic (exact) mass is 200 g/mol. The largest absolute Gasteiger partial charge is 0.388 e. The Morgan fingerprint density at radius 3 is 3.00 bits per heavy atom. The summed E-state index contributed by atoms with van der Waals surface area (Å²) >= 11 is 0. The number of aryl methyl sites for hydroxylation is 1. The van der Waals surface area contributed by atoms with Gasteiger partial charge in [-0.15, -0.1) is 0 Å². The standard InChI is InChI=1S/C7H12N4O3/c1-5-9-3-7(11(13)14)10(5)4-6(12)2-8/h3,6,12H,2,4,8H2,1H3. The Kier molecular flexibility index (Phi) is 3.15. The van der Waals surface area contributed by atoms with E-state index < -0.39 is 11.0 Å². The molecule has 1 unspecified atom stereocenters. The van der Waals surface area contributed by atoms with Gasteiger partial charge in [-0.05, 0) is 4.92 Å². The molecular formula is C7H12N4O3. The summed E-state index contributed by atoms with van der Waals surface area (Å²) in [4.78, 5) is 13.8. The van der Waals surface area contributed by atoms with Crippen LogP contribution in [0, 0.1) is 17.0 Å². The number of aromatic nitrogens is 2. The molecule has 1 atom stereocenters. The van der Waals surface area contributed by atoms with E-state index >= 15 is 0 Å². The first-order valence-electron chi connectivity index (χ1n) is 4.11. The van der Waals surface area contributed by atoms with Crippen molar-refractivity contribution >= 4 is 5.82 Å². The summed E-state index contributed by atoms with van der Waals surface area (Å²) in [7, 11) is 0. The fraction of sp³-hybridized carbons (Fsp3) is 0.571. The number of rotatable bonds is 4. The number of aliphatic hydroxyl groups excluding tert-OH is 1. The predicted molar refractivity (Wildman–Crippen MR) is 48.7 cm³/mol. The zero-order valence-corrected chi connectivity index (χ0v) is 7.75. The molecule has 7 heteroatoms. The summed E-state index contributed by atoms with van der Waals surface area (Å²) in [5.41, 5.74) is 5.21. The number of imidazole rings is 1. The van der Waals surface area contributed by atoms with Gasteiger partial charge in [0.2, 0.25) is 0 Å². The molecule has 0 aromatic carbocycles. The maximum atomic E-state index is 10.5. The van der Waals surface area contributed by atoms with Crippen molar-refractivity contribution in [2.24, 2.45) is 5.73 Å². The summed E-state index contributed by atoms with van der Waals surface area (Å²) in [6.07, 6.45) is 0.375. The molecular weight excluding hydrogens is 188 g/mol. The first-order valence-corrected chi connectivity index (χ1v) is 4.11. The van der Waals surface area contributed by atoms with E-state index in [4.69, 9.17) is 5.73 Å². The fourth-order valence-electron chi connectivity index (χ4n) is 1.11. The van der Waals surface area contributed by atoms with Crippen molar-refractivity contribution in [1.29, 1.82) is 0 Å². The lowest BCUT2D eigenvalue weighted by Gasteiger charge is -2.06. The molecule has 1 aromatic heterocycles.